The number of nitrogens with zero attached hydrogens (tertiary/aromatic N) is 4. The Hall–Kier alpha value is -3.40. The second kappa shape index (κ2) is 12.0. The van der Waals surface area contributed by atoms with Gasteiger partial charge in [-0.1, -0.05) is 42.5 Å². The number of carbonyl (C=O) groups is 1. The average molecular weight is 660 g/mol. The number of benzene rings is 2. The van der Waals surface area contributed by atoms with E-state index in [1.807, 2.05) is 36.5 Å². The minimum atomic E-state index is -0.148. The van der Waals surface area contributed by atoms with E-state index in [9.17, 15) is 4.79 Å². The smallest absolute Gasteiger partial charge is 0.251 e. The molecule has 3 heterocycles. The lowest BCUT2D eigenvalue weighted by Gasteiger charge is -2.34. The molecule has 5 aromatic rings. The van der Waals surface area contributed by atoms with Gasteiger partial charge in [0, 0.05) is 24.8 Å². The first-order valence-electron chi connectivity index (χ1n) is 13.3. The molecule has 1 aliphatic carbocycles. The largest absolute Gasteiger partial charge is 0.348 e. The molecule has 1 amide bonds. The van der Waals surface area contributed by atoms with E-state index in [0.29, 0.717) is 27.9 Å². The first kappa shape index (κ1) is 26.8. The van der Waals surface area contributed by atoms with Crippen molar-refractivity contribution < 1.29 is 4.79 Å². The van der Waals surface area contributed by atoms with Gasteiger partial charge in [-0.05, 0) is 98.1 Å². The zero-order chi connectivity index (χ0) is 27.5. The number of nitrogens with one attached hydrogen (secondary N) is 2. The topological polar surface area (TPSA) is 86.8 Å². The number of aromatic amines is 1. The summed E-state index contributed by atoms with van der Waals surface area (Å²) < 4.78 is 1.22. The average Bonchev–Trinajstić information content (AvgIpc) is 3.37. The summed E-state index contributed by atoms with van der Waals surface area (Å²) in [5.74, 6) is 0.799. The van der Waals surface area contributed by atoms with Crippen molar-refractivity contribution in [3.05, 3.63) is 122 Å². The predicted octanol–water partition coefficient (Wildman–Crippen LogP) is 6.89. The van der Waals surface area contributed by atoms with Crippen LogP contribution in [-0.4, -0.2) is 30.7 Å². The van der Waals surface area contributed by atoms with Crippen LogP contribution in [0.15, 0.2) is 88.2 Å². The van der Waals surface area contributed by atoms with Crippen molar-refractivity contribution in [1.82, 2.24) is 30.2 Å². The Labute approximate surface area is 249 Å². The summed E-state index contributed by atoms with van der Waals surface area (Å²) in [6.07, 6.45) is 5.15. The molecule has 202 valence electrons. The zero-order valence-electron chi connectivity index (χ0n) is 21.8. The predicted molar refractivity (Wildman–Crippen MR) is 163 cm³/mol. The summed E-state index contributed by atoms with van der Waals surface area (Å²) in [5, 5.41) is 3.03. The van der Waals surface area contributed by atoms with Crippen LogP contribution < -0.4 is 5.32 Å². The number of hydrogen-bond acceptors (Lipinski definition) is 5. The maximum absolute atomic E-state index is 12.8. The lowest BCUT2D eigenvalue weighted by Crippen LogP contribution is -2.32. The van der Waals surface area contributed by atoms with Crippen molar-refractivity contribution >= 4 is 48.8 Å². The Balaban J connectivity index is 1.23. The standard InChI is InChI=1S/C31H28Br2N6O/c32-27-15-23(16-28(33)38-27)31(40)35-17-20-6-3-7-21(14-20)18-39(19-29-36-24-10-1-2-11-25(24)37-29)26-12-4-8-22-9-5-13-34-30(22)26/h1-3,5-7,9-11,13-16,26H,4,8,12,17-19H2,(H,35,40)(H,36,37). The fraction of sp³-hybridized carbons (Fsp3) is 0.226. The summed E-state index contributed by atoms with van der Waals surface area (Å²) in [6, 6.07) is 24.4. The normalized spacial score (nSPS) is 14.8. The molecule has 1 unspecified atom stereocenters. The second-order valence-corrected chi connectivity index (χ2v) is 11.7. The van der Waals surface area contributed by atoms with E-state index in [4.69, 9.17) is 9.97 Å². The quantitative estimate of drug-likeness (QED) is 0.177. The highest BCUT2D eigenvalue weighted by atomic mass is 79.9. The maximum atomic E-state index is 12.8. The number of imidazole rings is 1. The number of rotatable bonds is 8. The van der Waals surface area contributed by atoms with Gasteiger partial charge in [0.1, 0.15) is 15.0 Å². The molecule has 7 nitrogen and oxygen atoms in total. The van der Waals surface area contributed by atoms with E-state index in [-0.39, 0.29) is 11.9 Å². The van der Waals surface area contributed by atoms with Gasteiger partial charge in [0.25, 0.3) is 5.91 Å². The van der Waals surface area contributed by atoms with Gasteiger partial charge in [0.2, 0.25) is 0 Å². The number of H-pyrrole nitrogens is 1. The van der Waals surface area contributed by atoms with E-state index >= 15 is 0 Å². The summed E-state index contributed by atoms with van der Waals surface area (Å²) >= 11 is 6.70. The third-order valence-electron chi connectivity index (χ3n) is 7.25. The molecule has 0 aliphatic heterocycles. The van der Waals surface area contributed by atoms with Crippen molar-refractivity contribution in [2.45, 2.75) is 44.9 Å². The summed E-state index contributed by atoms with van der Waals surface area (Å²) in [4.78, 5) is 32.7. The molecule has 3 aromatic heterocycles. The van der Waals surface area contributed by atoms with Crippen LogP contribution in [0.25, 0.3) is 11.0 Å². The van der Waals surface area contributed by atoms with Gasteiger partial charge in [-0.2, -0.15) is 0 Å². The van der Waals surface area contributed by atoms with Crippen LogP contribution in [0.5, 0.6) is 0 Å². The Morgan fingerprint density at radius 2 is 1.77 bits per heavy atom. The molecule has 0 fully saturated rings. The van der Waals surface area contributed by atoms with E-state index in [0.717, 1.165) is 48.2 Å². The molecule has 0 saturated heterocycles. The van der Waals surface area contributed by atoms with Crippen LogP contribution in [-0.2, 0) is 26.1 Å². The number of carbonyl (C=O) groups excluding carboxylic acids is 1. The maximum Gasteiger partial charge on any atom is 0.251 e. The number of para-hydroxylation sites is 2. The van der Waals surface area contributed by atoms with Crippen LogP contribution in [0, 0.1) is 0 Å². The van der Waals surface area contributed by atoms with Crippen molar-refractivity contribution in [1.29, 1.82) is 0 Å². The Bertz CT molecular complexity index is 1620. The van der Waals surface area contributed by atoms with Gasteiger partial charge in [0.15, 0.2) is 0 Å². The third-order valence-corrected chi connectivity index (χ3v) is 8.07. The first-order chi connectivity index (χ1) is 19.5. The minimum absolute atomic E-state index is 0.148. The van der Waals surface area contributed by atoms with Crippen LogP contribution in [0.2, 0.25) is 0 Å². The SMILES string of the molecule is O=C(NCc1cccc(CN(Cc2nc3ccccc3[nH]2)C2CCCc3cccnc32)c1)c1cc(Br)nc(Br)c1. The van der Waals surface area contributed by atoms with Crippen LogP contribution in [0.4, 0.5) is 0 Å². The van der Waals surface area contributed by atoms with Crippen molar-refractivity contribution in [2.75, 3.05) is 0 Å². The zero-order valence-corrected chi connectivity index (χ0v) is 25.0. The fourth-order valence-electron chi connectivity index (χ4n) is 5.44. The van der Waals surface area contributed by atoms with Crippen molar-refractivity contribution in [3.63, 3.8) is 0 Å². The van der Waals surface area contributed by atoms with Crippen LogP contribution >= 0.6 is 31.9 Å². The van der Waals surface area contributed by atoms with E-state index < -0.39 is 0 Å². The van der Waals surface area contributed by atoms with Crippen LogP contribution in [0.1, 0.15) is 57.5 Å². The molecule has 0 bridgehead atoms. The number of aryl methyl sites for hydroxylation is 1. The summed E-state index contributed by atoms with van der Waals surface area (Å²) in [5.41, 5.74) is 7.30. The molecule has 6 rings (SSSR count). The van der Waals surface area contributed by atoms with Gasteiger partial charge in [-0.15, -0.1) is 0 Å². The molecule has 1 aliphatic rings. The fourth-order valence-corrected chi connectivity index (χ4v) is 6.56. The summed E-state index contributed by atoms with van der Waals surface area (Å²) in [7, 11) is 0. The highest BCUT2D eigenvalue weighted by Crippen LogP contribution is 2.34. The van der Waals surface area contributed by atoms with Gasteiger partial charge in [-0.25, -0.2) is 9.97 Å². The third kappa shape index (κ3) is 6.16. The second-order valence-electron chi connectivity index (χ2n) is 10.1. The summed E-state index contributed by atoms with van der Waals surface area (Å²) in [6.45, 7) is 1.85. The lowest BCUT2D eigenvalue weighted by molar-refractivity contribution is 0.0950. The molecule has 2 aromatic carbocycles. The minimum Gasteiger partial charge on any atom is -0.348 e. The van der Waals surface area contributed by atoms with Crippen molar-refractivity contribution in [3.8, 4) is 0 Å². The Morgan fingerprint density at radius 1 is 0.950 bits per heavy atom. The number of fused-ring (bicyclic) bond motifs is 2. The van der Waals surface area contributed by atoms with Gasteiger partial charge < -0.3 is 10.3 Å². The highest BCUT2D eigenvalue weighted by Gasteiger charge is 2.28. The molecule has 2 N–H and O–H groups in total. The number of halogens is 2. The van der Waals surface area contributed by atoms with Gasteiger partial charge in [0.05, 0.1) is 29.3 Å². The lowest BCUT2D eigenvalue weighted by atomic mass is 9.90. The Kier molecular flexibility index (Phi) is 8.04. The van der Waals surface area contributed by atoms with Crippen LogP contribution in [0.3, 0.4) is 0 Å². The van der Waals surface area contributed by atoms with E-state index in [2.05, 4.69) is 82.4 Å². The van der Waals surface area contributed by atoms with Crippen molar-refractivity contribution in [2.24, 2.45) is 0 Å². The molecule has 0 radical (unpaired) electrons. The number of pyridine rings is 2. The molecule has 1 atom stereocenters. The van der Waals surface area contributed by atoms with E-state index in [1.54, 1.807) is 12.1 Å². The number of aromatic nitrogens is 4. The molecular weight excluding hydrogens is 632 g/mol. The molecular formula is C31H28Br2N6O. The number of hydrogen-bond donors (Lipinski definition) is 2. The van der Waals surface area contributed by atoms with E-state index in [1.165, 1.54) is 16.8 Å². The van der Waals surface area contributed by atoms with Gasteiger partial charge in [-0.3, -0.25) is 14.7 Å². The monoisotopic (exact) mass is 658 g/mol. The highest BCUT2D eigenvalue weighted by molar-refractivity contribution is 9.11. The van der Waals surface area contributed by atoms with Gasteiger partial charge >= 0.3 is 0 Å². The number of amides is 1. The Morgan fingerprint density at radius 3 is 2.62 bits per heavy atom. The molecule has 40 heavy (non-hydrogen) atoms. The molecule has 0 saturated carbocycles. The molecule has 0 spiro atoms. The first-order valence-corrected chi connectivity index (χ1v) is 14.9. The molecule has 9 heteroatoms.